The molecule has 0 unspecified atom stereocenters. The molecule has 3 rings (SSSR count). The minimum absolute atomic E-state index is 0.208. The Balaban J connectivity index is 2.02. The largest absolute Gasteiger partial charge is 0.508 e. The smallest absolute Gasteiger partial charge is 0.138 e. The first-order chi connectivity index (χ1) is 13.0. The number of phenolic OH excluding ortho intramolecular Hbond substituents is 1. The topological polar surface area (TPSA) is 42.6 Å². The van der Waals surface area contributed by atoms with Gasteiger partial charge in [-0.15, -0.1) is 0 Å². The predicted molar refractivity (Wildman–Crippen MR) is 111 cm³/mol. The zero-order valence-electron chi connectivity index (χ0n) is 16.8. The summed E-state index contributed by atoms with van der Waals surface area (Å²) >= 11 is 0. The van der Waals surface area contributed by atoms with Gasteiger partial charge in [-0.25, -0.2) is 0 Å². The molecule has 0 aliphatic carbocycles. The second kappa shape index (κ2) is 8.08. The van der Waals surface area contributed by atoms with E-state index in [9.17, 15) is 5.11 Å². The first-order valence-electron chi connectivity index (χ1n) is 10.0. The molecule has 0 spiro atoms. The highest BCUT2D eigenvalue weighted by molar-refractivity contribution is 5.80. The highest BCUT2D eigenvalue weighted by Gasteiger charge is 2.34. The second-order valence-electron chi connectivity index (χ2n) is 7.30. The summed E-state index contributed by atoms with van der Waals surface area (Å²) < 4.78 is 12.2. The number of ether oxygens (including phenoxy) is 1. The minimum Gasteiger partial charge on any atom is -0.508 e. The quantitative estimate of drug-likeness (QED) is 0.449. The zero-order valence-corrected chi connectivity index (χ0v) is 16.8. The van der Waals surface area contributed by atoms with E-state index in [0.717, 1.165) is 60.3 Å². The van der Waals surface area contributed by atoms with Crippen LogP contribution in [0, 0.1) is 6.92 Å². The van der Waals surface area contributed by atoms with Crippen LogP contribution in [0.1, 0.15) is 63.3 Å². The van der Waals surface area contributed by atoms with Gasteiger partial charge in [-0.3, -0.25) is 0 Å². The van der Waals surface area contributed by atoms with E-state index in [1.165, 1.54) is 5.56 Å². The van der Waals surface area contributed by atoms with E-state index in [2.05, 4.69) is 39.0 Å². The molecule has 0 radical (unpaired) electrons. The second-order valence-corrected chi connectivity index (χ2v) is 7.30. The molecule has 0 bridgehead atoms. The van der Waals surface area contributed by atoms with Gasteiger partial charge in [0, 0.05) is 11.5 Å². The van der Waals surface area contributed by atoms with Gasteiger partial charge in [-0.05, 0) is 61.6 Å². The lowest BCUT2D eigenvalue weighted by Crippen LogP contribution is -2.25. The molecule has 0 aliphatic rings. The van der Waals surface area contributed by atoms with Crippen molar-refractivity contribution in [2.45, 2.75) is 58.8 Å². The van der Waals surface area contributed by atoms with Gasteiger partial charge in [0.1, 0.15) is 22.8 Å². The van der Waals surface area contributed by atoms with Gasteiger partial charge in [0.15, 0.2) is 0 Å². The molecule has 0 saturated carbocycles. The molecule has 3 heteroatoms. The summed E-state index contributed by atoms with van der Waals surface area (Å²) in [5, 5.41) is 11.0. The number of hydrogen-bond donors (Lipinski definition) is 1. The Labute approximate surface area is 162 Å². The van der Waals surface area contributed by atoms with Crippen molar-refractivity contribution in [1.29, 1.82) is 0 Å². The Morgan fingerprint density at radius 2 is 1.78 bits per heavy atom. The normalized spacial score (nSPS) is 11.9. The Morgan fingerprint density at radius 3 is 2.44 bits per heavy atom. The summed E-state index contributed by atoms with van der Waals surface area (Å²) in [5.41, 5.74) is 2.73. The van der Waals surface area contributed by atoms with Crippen LogP contribution in [0.25, 0.3) is 11.0 Å². The molecule has 0 fully saturated rings. The fraction of sp³-hybridized carbons (Fsp3) is 0.417. The molecule has 1 N–H and O–H groups in total. The first-order valence-corrected chi connectivity index (χ1v) is 10.0. The molecule has 3 nitrogen and oxygen atoms in total. The highest BCUT2D eigenvalue weighted by atomic mass is 16.5. The van der Waals surface area contributed by atoms with E-state index in [1.54, 1.807) is 6.07 Å². The van der Waals surface area contributed by atoms with E-state index in [1.807, 2.05) is 25.1 Å². The van der Waals surface area contributed by atoms with E-state index in [-0.39, 0.29) is 5.41 Å². The van der Waals surface area contributed by atoms with Crippen LogP contribution < -0.4 is 4.74 Å². The van der Waals surface area contributed by atoms with Crippen LogP contribution in [0.2, 0.25) is 0 Å². The number of fused-ring (bicyclic) bond motifs is 1. The molecule has 2 aromatic carbocycles. The molecule has 27 heavy (non-hydrogen) atoms. The predicted octanol–water partition coefficient (Wildman–Crippen LogP) is 6.73. The van der Waals surface area contributed by atoms with Crippen molar-refractivity contribution in [3.63, 3.8) is 0 Å². The number of rotatable bonds is 8. The van der Waals surface area contributed by atoms with Crippen molar-refractivity contribution < 1.29 is 14.3 Å². The fourth-order valence-corrected chi connectivity index (χ4v) is 3.77. The van der Waals surface area contributed by atoms with Crippen molar-refractivity contribution >= 4 is 11.0 Å². The van der Waals surface area contributed by atoms with Gasteiger partial charge in [0.2, 0.25) is 0 Å². The number of furan rings is 1. The van der Waals surface area contributed by atoms with Crippen molar-refractivity contribution in [2.75, 3.05) is 6.61 Å². The van der Waals surface area contributed by atoms with Gasteiger partial charge in [0.05, 0.1) is 12.0 Å². The molecule has 0 atom stereocenters. The molecule has 0 aliphatic heterocycles. The summed E-state index contributed by atoms with van der Waals surface area (Å²) in [6.45, 7) is 9.21. The number of benzene rings is 2. The van der Waals surface area contributed by atoms with Gasteiger partial charge in [-0.1, -0.05) is 39.3 Å². The van der Waals surface area contributed by atoms with E-state index >= 15 is 0 Å². The van der Waals surface area contributed by atoms with Gasteiger partial charge in [0.25, 0.3) is 0 Å². The molecular formula is C24H30O3. The Morgan fingerprint density at radius 1 is 1.00 bits per heavy atom. The van der Waals surface area contributed by atoms with Crippen LogP contribution in [-0.2, 0) is 5.41 Å². The first kappa shape index (κ1) is 19.3. The molecule has 144 valence electrons. The third-order valence-electron chi connectivity index (χ3n) is 5.69. The number of aryl methyl sites for hydroxylation is 1. The maximum absolute atomic E-state index is 9.92. The van der Waals surface area contributed by atoms with E-state index < -0.39 is 0 Å². The van der Waals surface area contributed by atoms with Gasteiger partial charge < -0.3 is 14.3 Å². The lowest BCUT2D eigenvalue weighted by molar-refractivity contribution is 0.309. The van der Waals surface area contributed by atoms with Crippen LogP contribution in [0.3, 0.4) is 0 Å². The molecule has 1 aromatic heterocycles. The lowest BCUT2D eigenvalue weighted by atomic mass is 9.73. The van der Waals surface area contributed by atoms with E-state index in [4.69, 9.17) is 9.15 Å². The van der Waals surface area contributed by atoms with Gasteiger partial charge >= 0.3 is 0 Å². The molecular weight excluding hydrogens is 336 g/mol. The van der Waals surface area contributed by atoms with Crippen molar-refractivity contribution in [3.05, 3.63) is 59.4 Å². The van der Waals surface area contributed by atoms with Crippen LogP contribution >= 0.6 is 0 Å². The molecule has 0 amide bonds. The lowest BCUT2D eigenvalue weighted by Gasteiger charge is -2.30. The molecule has 3 aromatic rings. The van der Waals surface area contributed by atoms with Crippen LogP contribution in [0.15, 0.2) is 46.9 Å². The third kappa shape index (κ3) is 3.69. The van der Waals surface area contributed by atoms with Gasteiger partial charge in [-0.2, -0.15) is 0 Å². The van der Waals surface area contributed by atoms with Crippen LogP contribution in [0.5, 0.6) is 11.5 Å². The summed E-state index contributed by atoms with van der Waals surface area (Å²) in [4.78, 5) is 0. The number of phenols is 1. The standard InChI is InChI=1S/C24H30O3/c1-5-8-13-26-20-11-9-18-15-23(27-22(18)16-20)24(6-2,7-3)19-10-12-21(25)17(4)14-19/h9-12,14-16,25H,5-8,13H2,1-4H3. The number of hydrogen-bond acceptors (Lipinski definition) is 3. The van der Waals surface area contributed by atoms with Crippen molar-refractivity contribution in [1.82, 2.24) is 0 Å². The average Bonchev–Trinajstić information content (AvgIpc) is 3.10. The zero-order chi connectivity index (χ0) is 19.4. The monoisotopic (exact) mass is 366 g/mol. The molecule has 0 saturated heterocycles. The maximum atomic E-state index is 9.92. The SMILES string of the molecule is CCCCOc1ccc2cc(C(CC)(CC)c3ccc(O)c(C)c3)oc2c1. The maximum Gasteiger partial charge on any atom is 0.138 e. The van der Waals surface area contributed by atoms with Crippen molar-refractivity contribution in [2.24, 2.45) is 0 Å². The number of unbranched alkanes of at least 4 members (excludes halogenated alkanes) is 1. The third-order valence-corrected chi connectivity index (χ3v) is 5.69. The van der Waals surface area contributed by atoms with Crippen molar-refractivity contribution in [3.8, 4) is 11.5 Å². The Hall–Kier alpha value is -2.42. The number of aromatic hydroxyl groups is 1. The fourth-order valence-electron chi connectivity index (χ4n) is 3.77. The average molecular weight is 367 g/mol. The minimum atomic E-state index is -0.208. The van der Waals surface area contributed by atoms with Crippen LogP contribution in [0.4, 0.5) is 0 Å². The summed E-state index contributed by atoms with van der Waals surface area (Å²) in [5.74, 6) is 2.16. The Kier molecular flexibility index (Phi) is 5.79. The Bertz CT molecular complexity index is 903. The van der Waals surface area contributed by atoms with Crippen LogP contribution in [-0.4, -0.2) is 11.7 Å². The summed E-state index contributed by atoms with van der Waals surface area (Å²) in [7, 11) is 0. The molecule has 1 heterocycles. The summed E-state index contributed by atoms with van der Waals surface area (Å²) in [6, 6.07) is 14.1. The van der Waals surface area contributed by atoms with E-state index in [0.29, 0.717) is 5.75 Å². The summed E-state index contributed by atoms with van der Waals surface area (Å²) in [6.07, 6.45) is 4.02. The highest BCUT2D eigenvalue weighted by Crippen LogP contribution is 2.42.